The number of H-pyrrole nitrogens is 2. The Bertz CT molecular complexity index is 1570. The fraction of sp³-hybridized carbons (Fsp3) is 0.0833. The number of anilines is 1. The van der Waals surface area contributed by atoms with Gasteiger partial charge in [-0.2, -0.15) is 5.10 Å². The van der Waals surface area contributed by atoms with Crippen molar-refractivity contribution in [3.63, 3.8) is 0 Å². The van der Waals surface area contributed by atoms with E-state index in [1.165, 1.54) is 7.11 Å². The SMILES string of the molecule is COC(=O)Nc1nc2ccc(-c3cc(Cc4n[nH]c(=O)c5ccccc45)ccc3Cl)cc2[nH]1. The number of nitrogens with one attached hydrogen (secondary N) is 3. The molecule has 0 aliphatic rings. The van der Waals surface area contributed by atoms with Crippen molar-refractivity contribution in [3.8, 4) is 11.1 Å². The molecule has 0 aliphatic heterocycles. The number of hydrogen-bond acceptors (Lipinski definition) is 5. The molecule has 9 heteroatoms. The third kappa shape index (κ3) is 4.04. The number of fused-ring (bicyclic) bond motifs is 2. The lowest BCUT2D eigenvalue weighted by atomic mass is 9.99. The molecule has 33 heavy (non-hydrogen) atoms. The number of amides is 1. The van der Waals surface area contributed by atoms with E-state index >= 15 is 0 Å². The number of rotatable bonds is 4. The number of aromatic amines is 2. The first-order chi connectivity index (χ1) is 16.0. The van der Waals surface area contributed by atoms with Crippen LogP contribution in [0.5, 0.6) is 0 Å². The molecule has 5 aromatic rings. The molecule has 3 aromatic carbocycles. The van der Waals surface area contributed by atoms with Gasteiger partial charge in [0.2, 0.25) is 5.95 Å². The monoisotopic (exact) mass is 459 g/mol. The molecule has 0 unspecified atom stereocenters. The fourth-order valence-electron chi connectivity index (χ4n) is 3.79. The molecular formula is C24H18ClN5O3. The van der Waals surface area contributed by atoms with Crippen LogP contribution in [-0.2, 0) is 11.2 Å². The summed E-state index contributed by atoms with van der Waals surface area (Å²) in [6.07, 6.45) is -0.0746. The van der Waals surface area contributed by atoms with Crippen LogP contribution in [0, 0.1) is 0 Å². The van der Waals surface area contributed by atoms with Gasteiger partial charge >= 0.3 is 6.09 Å². The first-order valence-corrected chi connectivity index (χ1v) is 10.5. The number of hydrogen-bond donors (Lipinski definition) is 3. The van der Waals surface area contributed by atoms with Crippen molar-refractivity contribution in [1.29, 1.82) is 0 Å². The number of nitrogens with zero attached hydrogens (tertiary/aromatic N) is 2. The normalized spacial score (nSPS) is 11.1. The predicted molar refractivity (Wildman–Crippen MR) is 128 cm³/mol. The standard InChI is InChI=1S/C24H18ClN5O3/c1-33-24(32)28-23-26-19-9-7-14(12-21(19)27-23)17-10-13(6-8-18(17)25)11-20-15-4-2-3-5-16(15)22(31)30-29-20/h2-10,12H,11H2,1H3,(H,30,31)(H2,26,27,28,32). The number of halogens is 1. The second-order valence-corrected chi connectivity index (χ2v) is 7.88. The molecule has 8 nitrogen and oxygen atoms in total. The molecule has 0 atom stereocenters. The van der Waals surface area contributed by atoms with E-state index in [-0.39, 0.29) is 5.56 Å². The van der Waals surface area contributed by atoms with Crippen LogP contribution in [0.2, 0.25) is 5.02 Å². The maximum Gasteiger partial charge on any atom is 0.413 e. The van der Waals surface area contributed by atoms with E-state index in [9.17, 15) is 9.59 Å². The molecule has 3 N–H and O–H groups in total. The zero-order chi connectivity index (χ0) is 22.9. The molecule has 164 valence electrons. The Morgan fingerprint density at radius 1 is 1.09 bits per heavy atom. The molecule has 0 saturated heterocycles. The van der Waals surface area contributed by atoms with E-state index in [2.05, 4.69) is 30.2 Å². The Kier molecular flexibility index (Phi) is 5.27. The highest BCUT2D eigenvalue weighted by molar-refractivity contribution is 6.33. The van der Waals surface area contributed by atoms with Crippen molar-refractivity contribution < 1.29 is 9.53 Å². The minimum Gasteiger partial charge on any atom is -0.453 e. The van der Waals surface area contributed by atoms with Crippen LogP contribution in [0.15, 0.2) is 65.5 Å². The van der Waals surface area contributed by atoms with E-state index < -0.39 is 6.09 Å². The van der Waals surface area contributed by atoms with E-state index in [1.54, 1.807) is 6.07 Å². The molecule has 0 saturated carbocycles. The summed E-state index contributed by atoms with van der Waals surface area (Å²) in [5.74, 6) is 0.296. The number of carbonyl (C=O) groups is 1. The molecule has 2 heterocycles. The second-order valence-electron chi connectivity index (χ2n) is 7.47. The van der Waals surface area contributed by atoms with Crippen molar-refractivity contribution >= 4 is 45.4 Å². The van der Waals surface area contributed by atoms with Crippen LogP contribution in [0.25, 0.3) is 32.9 Å². The summed E-state index contributed by atoms with van der Waals surface area (Å²) in [4.78, 5) is 30.9. The van der Waals surface area contributed by atoms with Gasteiger partial charge in [-0.1, -0.05) is 41.9 Å². The Hall–Kier alpha value is -4.17. The van der Waals surface area contributed by atoms with Crippen LogP contribution < -0.4 is 10.9 Å². The molecule has 0 spiro atoms. The topological polar surface area (TPSA) is 113 Å². The molecule has 2 aromatic heterocycles. The lowest BCUT2D eigenvalue weighted by Gasteiger charge is -2.09. The van der Waals surface area contributed by atoms with Crippen LogP contribution in [-0.4, -0.2) is 33.4 Å². The predicted octanol–water partition coefficient (Wildman–Crippen LogP) is 4.89. The van der Waals surface area contributed by atoms with E-state index in [1.807, 2.05) is 54.6 Å². The first kappa shape index (κ1) is 20.7. The Labute approximate surface area is 192 Å². The summed E-state index contributed by atoms with van der Waals surface area (Å²) in [6.45, 7) is 0. The van der Waals surface area contributed by atoms with Gasteiger partial charge in [-0.3, -0.25) is 10.1 Å². The van der Waals surface area contributed by atoms with Gasteiger partial charge in [-0.05, 0) is 41.5 Å². The Balaban J connectivity index is 1.50. The highest BCUT2D eigenvalue weighted by Crippen LogP contribution is 2.32. The summed E-state index contributed by atoms with van der Waals surface area (Å²) in [5, 5.41) is 11.4. The summed E-state index contributed by atoms with van der Waals surface area (Å²) in [7, 11) is 1.29. The number of methoxy groups -OCH3 is 1. The van der Waals surface area contributed by atoms with Crippen LogP contribution in [0.4, 0.5) is 10.7 Å². The molecule has 0 radical (unpaired) electrons. The molecule has 0 fully saturated rings. The van der Waals surface area contributed by atoms with Crippen LogP contribution >= 0.6 is 11.6 Å². The zero-order valence-corrected chi connectivity index (χ0v) is 18.2. The maximum atomic E-state index is 12.1. The van der Waals surface area contributed by atoms with E-state index in [0.29, 0.717) is 28.3 Å². The average Bonchev–Trinajstić information content (AvgIpc) is 3.23. The lowest BCUT2D eigenvalue weighted by Crippen LogP contribution is -2.11. The lowest BCUT2D eigenvalue weighted by molar-refractivity contribution is 0.186. The van der Waals surface area contributed by atoms with Gasteiger partial charge in [-0.25, -0.2) is 14.9 Å². The third-order valence-electron chi connectivity index (χ3n) is 5.38. The summed E-state index contributed by atoms with van der Waals surface area (Å²) < 4.78 is 4.60. The number of aromatic nitrogens is 4. The minimum atomic E-state index is -0.603. The van der Waals surface area contributed by atoms with Gasteiger partial charge in [0.15, 0.2) is 0 Å². The van der Waals surface area contributed by atoms with Crippen molar-refractivity contribution in [2.45, 2.75) is 6.42 Å². The van der Waals surface area contributed by atoms with Gasteiger partial charge in [0, 0.05) is 22.4 Å². The highest BCUT2D eigenvalue weighted by atomic mass is 35.5. The molecule has 5 rings (SSSR count). The van der Waals surface area contributed by atoms with Crippen molar-refractivity contribution in [2.24, 2.45) is 0 Å². The average molecular weight is 460 g/mol. The van der Waals surface area contributed by atoms with Gasteiger partial charge < -0.3 is 9.72 Å². The van der Waals surface area contributed by atoms with Crippen molar-refractivity contribution in [2.75, 3.05) is 12.4 Å². The van der Waals surface area contributed by atoms with Crippen LogP contribution in [0.1, 0.15) is 11.3 Å². The first-order valence-electron chi connectivity index (χ1n) is 10.1. The van der Waals surface area contributed by atoms with Crippen molar-refractivity contribution in [3.05, 3.63) is 87.3 Å². The molecule has 0 bridgehead atoms. The minimum absolute atomic E-state index is 0.208. The molecule has 0 aliphatic carbocycles. The zero-order valence-electron chi connectivity index (χ0n) is 17.5. The smallest absolute Gasteiger partial charge is 0.413 e. The van der Waals surface area contributed by atoms with Gasteiger partial charge in [0.05, 0.1) is 29.2 Å². The van der Waals surface area contributed by atoms with Gasteiger partial charge in [0.25, 0.3) is 5.56 Å². The van der Waals surface area contributed by atoms with Gasteiger partial charge in [0.1, 0.15) is 0 Å². The highest BCUT2D eigenvalue weighted by Gasteiger charge is 2.12. The van der Waals surface area contributed by atoms with Crippen LogP contribution in [0.3, 0.4) is 0 Å². The third-order valence-corrected chi connectivity index (χ3v) is 5.71. The largest absolute Gasteiger partial charge is 0.453 e. The maximum absolute atomic E-state index is 12.1. The number of benzene rings is 3. The molecule has 1 amide bonds. The van der Waals surface area contributed by atoms with Crippen molar-refractivity contribution in [1.82, 2.24) is 20.2 Å². The Morgan fingerprint density at radius 2 is 1.91 bits per heavy atom. The van der Waals surface area contributed by atoms with Gasteiger partial charge in [-0.15, -0.1) is 0 Å². The van der Waals surface area contributed by atoms with E-state index in [4.69, 9.17) is 11.6 Å². The van der Waals surface area contributed by atoms with E-state index in [0.717, 1.165) is 33.3 Å². The quantitative estimate of drug-likeness (QED) is 0.354. The second kappa shape index (κ2) is 8.40. The molecular weight excluding hydrogens is 442 g/mol. The number of carbonyl (C=O) groups excluding carboxylic acids is 1. The number of ether oxygens (including phenoxy) is 1. The summed E-state index contributed by atoms with van der Waals surface area (Å²) >= 11 is 6.53. The number of imidazole rings is 1. The summed E-state index contributed by atoms with van der Waals surface area (Å²) in [6, 6.07) is 18.9. The fourth-order valence-corrected chi connectivity index (χ4v) is 4.01. The summed E-state index contributed by atoms with van der Waals surface area (Å²) in [5.41, 5.74) is 4.75. The Morgan fingerprint density at radius 3 is 2.73 bits per heavy atom.